The van der Waals surface area contributed by atoms with Gasteiger partial charge in [-0.25, -0.2) is 14.8 Å². The highest BCUT2D eigenvalue weighted by atomic mass is 35.5. The Labute approximate surface area is 255 Å². The zero-order chi connectivity index (χ0) is 29.5. The Morgan fingerprint density at radius 1 is 1.00 bits per heavy atom. The van der Waals surface area contributed by atoms with E-state index in [0.717, 1.165) is 29.5 Å². The highest BCUT2D eigenvalue weighted by Crippen LogP contribution is 2.39. The van der Waals surface area contributed by atoms with E-state index in [-0.39, 0.29) is 12.1 Å². The van der Waals surface area contributed by atoms with E-state index in [1.165, 1.54) is 31.2 Å². The van der Waals surface area contributed by atoms with Crippen molar-refractivity contribution in [2.75, 3.05) is 18.1 Å². The lowest BCUT2D eigenvalue weighted by molar-refractivity contribution is 0.0221. The Hall–Kier alpha value is -3.73. The molecule has 3 atom stereocenters. The minimum Gasteiger partial charge on any atom is -0.374 e. The van der Waals surface area contributed by atoms with Crippen LogP contribution in [0.2, 0.25) is 5.02 Å². The maximum atomic E-state index is 11.9. The number of halogens is 1. The zero-order valence-electron chi connectivity index (χ0n) is 24.4. The lowest BCUT2D eigenvalue weighted by Crippen LogP contribution is -2.45. The molecule has 1 aliphatic carbocycles. The molecule has 4 heterocycles. The van der Waals surface area contributed by atoms with Gasteiger partial charge in [-0.15, -0.1) is 5.48 Å². The minimum atomic E-state index is -0.705. The number of morpholine rings is 1. The molecular formula is C32H36ClN7O3. The summed E-state index contributed by atoms with van der Waals surface area (Å²) >= 11 is 6.49. The number of carbonyl (C=O) groups excluding carboxylic acids is 1. The smallest absolute Gasteiger partial charge is 0.374 e. The molecule has 224 valence electrons. The summed E-state index contributed by atoms with van der Waals surface area (Å²) in [6.45, 7) is 6.57. The molecule has 3 fully saturated rings. The van der Waals surface area contributed by atoms with E-state index in [9.17, 15) is 4.79 Å². The summed E-state index contributed by atoms with van der Waals surface area (Å²) in [5.74, 6) is 2.48. The van der Waals surface area contributed by atoms with Crippen LogP contribution in [0.15, 0.2) is 54.6 Å². The van der Waals surface area contributed by atoms with Crippen molar-refractivity contribution in [1.82, 2.24) is 30.3 Å². The summed E-state index contributed by atoms with van der Waals surface area (Å²) in [7, 11) is 0. The van der Waals surface area contributed by atoms with Gasteiger partial charge in [0.15, 0.2) is 17.6 Å². The van der Waals surface area contributed by atoms with Gasteiger partial charge >= 0.3 is 6.09 Å². The average Bonchev–Trinajstić information content (AvgIpc) is 3.61. The summed E-state index contributed by atoms with van der Waals surface area (Å²) in [4.78, 5) is 34.4. The van der Waals surface area contributed by atoms with Crippen LogP contribution in [0.5, 0.6) is 0 Å². The SMILES string of the molecule is CC1CCC(Cn2c(N3CCO[C@@H](C)[C@H]3c3ccccc3)nc3nc(C4NOC(=O)N4)nc(-c4cccc(Cl)c4)c32)CC1. The Kier molecular flexibility index (Phi) is 7.67. The van der Waals surface area contributed by atoms with Crippen LogP contribution < -0.4 is 15.7 Å². The van der Waals surface area contributed by atoms with Crippen LogP contribution in [0.4, 0.5) is 10.7 Å². The lowest BCUT2D eigenvalue weighted by atomic mass is 9.83. The first kappa shape index (κ1) is 28.1. The molecule has 2 aromatic heterocycles. The molecule has 0 radical (unpaired) electrons. The van der Waals surface area contributed by atoms with E-state index in [0.29, 0.717) is 41.3 Å². The molecule has 0 bridgehead atoms. The van der Waals surface area contributed by atoms with Crippen LogP contribution >= 0.6 is 11.6 Å². The van der Waals surface area contributed by atoms with Crippen molar-refractivity contribution in [1.29, 1.82) is 0 Å². The predicted octanol–water partition coefficient (Wildman–Crippen LogP) is 6.18. The summed E-state index contributed by atoms with van der Waals surface area (Å²) in [6, 6.07) is 18.1. The van der Waals surface area contributed by atoms with Crippen molar-refractivity contribution < 1.29 is 14.4 Å². The van der Waals surface area contributed by atoms with Crippen molar-refractivity contribution >= 4 is 34.8 Å². The topological polar surface area (TPSA) is 106 Å². The predicted molar refractivity (Wildman–Crippen MR) is 164 cm³/mol. The number of anilines is 1. The fraction of sp³-hybridized carbons (Fsp3) is 0.438. The van der Waals surface area contributed by atoms with Crippen molar-refractivity contribution in [3.05, 3.63) is 71.0 Å². The quantitative estimate of drug-likeness (QED) is 0.270. The normalized spacial score (nSPS) is 26.0. The van der Waals surface area contributed by atoms with Gasteiger partial charge in [0.2, 0.25) is 5.95 Å². The van der Waals surface area contributed by atoms with Crippen LogP contribution in [0, 0.1) is 11.8 Å². The van der Waals surface area contributed by atoms with Crippen molar-refractivity contribution in [3.63, 3.8) is 0 Å². The monoisotopic (exact) mass is 601 g/mol. The Morgan fingerprint density at radius 3 is 2.56 bits per heavy atom. The largest absolute Gasteiger partial charge is 0.427 e. The first-order valence-electron chi connectivity index (χ1n) is 15.1. The zero-order valence-corrected chi connectivity index (χ0v) is 25.1. The second-order valence-electron chi connectivity index (χ2n) is 12.0. The van der Waals surface area contributed by atoms with Gasteiger partial charge in [0, 0.05) is 23.7 Å². The fourth-order valence-electron chi connectivity index (χ4n) is 6.72. The van der Waals surface area contributed by atoms with Crippen LogP contribution in [0.1, 0.15) is 63.1 Å². The molecule has 1 unspecified atom stereocenters. The van der Waals surface area contributed by atoms with Gasteiger partial charge in [0.1, 0.15) is 11.2 Å². The molecule has 1 saturated carbocycles. The number of hydroxylamine groups is 1. The number of aromatic nitrogens is 4. The molecule has 2 N–H and O–H groups in total. The van der Waals surface area contributed by atoms with Gasteiger partial charge < -0.3 is 19.0 Å². The molecule has 43 heavy (non-hydrogen) atoms. The number of ether oxygens (including phenoxy) is 1. The number of carbonyl (C=O) groups is 1. The molecular weight excluding hydrogens is 566 g/mol. The number of rotatable bonds is 6. The van der Waals surface area contributed by atoms with Gasteiger partial charge in [-0.05, 0) is 49.3 Å². The number of hydrogen-bond donors (Lipinski definition) is 2. The standard InChI is InChI=1S/C32H36ClN7O3/c1-19-11-13-21(14-12-19)18-40-27-25(23-9-6-10-24(33)17-23)34-29(30-37-32(41)43-38-30)35-28(27)36-31(40)39-15-16-42-20(2)26(39)22-7-4-3-5-8-22/h3-10,17,19-21,26,30,38H,11-16,18H2,1-2H3,(H,37,41)/t19?,20-,21?,26-,30?/m0/s1. The number of imidazole rings is 1. The third-order valence-electron chi connectivity index (χ3n) is 8.96. The van der Waals surface area contributed by atoms with Crippen molar-refractivity contribution in [3.8, 4) is 11.3 Å². The van der Waals surface area contributed by atoms with E-state index < -0.39 is 12.3 Å². The summed E-state index contributed by atoms with van der Waals surface area (Å²) in [5.41, 5.74) is 6.86. The summed E-state index contributed by atoms with van der Waals surface area (Å²) in [6.07, 6.45) is 3.47. The Bertz CT molecular complexity index is 1620. The highest BCUT2D eigenvalue weighted by molar-refractivity contribution is 6.30. The summed E-state index contributed by atoms with van der Waals surface area (Å²) in [5, 5.41) is 3.34. The average molecular weight is 602 g/mol. The van der Waals surface area contributed by atoms with Crippen molar-refractivity contribution in [2.45, 2.75) is 64.4 Å². The number of nitrogens with one attached hydrogen (secondary N) is 2. The highest BCUT2D eigenvalue weighted by Gasteiger charge is 2.36. The Morgan fingerprint density at radius 2 is 1.81 bits per heavy atom. The molecule has 2 aromatic carbocycles. The molecule has 1 amide bonds. The minimum absolute atomic E-state index is 0.0249. The van der Waals surface area contributed by atoms with Gasteiger partial charge in [-0.1, -0.05) is 73.8 Å². The third kappa shape index (κ3) is 5.55. The van der Waals surface area contributed by atoms with Gasteiger partial charge in [0.05, 0.1) is 18.8 Å². The van der Waals surface area contributed by atoms with E-state index >= 15 is 0 Å². The molecule has 11 heteroatoms. The first-order chi connectivity index (χ1) is 20.9. The van der Waals surface area contributed by atoms with E-state index in [1.54, 1.807) is 0 Å². The lowest BCUT2D eigenvalue weighted by Gasteiger charge is -2.41. The molecule has 10 nitrogen and oxygen atoms in total. The second-order valence-corrected chi connectivity index (χ2v) is 12.4. The van der Waals surface area contributed by atoms with Gasteiger partial charge in [-0.3, -0.25) is 5.32 Å². The molecule has 3 aliphatic rings. The third-order valence-corrected chi connectivity index (χ3v) is 9.19. The van der Waals surface area contributed by atoms with Crippen molar-refractivity contribution in [2.24, 2.45) is 11.8 Å². The Balaban J connectivity index is 1.44. The number of amides is 1. The van der Waals surface area contributed by atoms with Crippen LogP contribution in [0.3, 0.4) is 0 Å². The number of benzene rings is 2. The number of fused-ring (bicyclic) bond motifs is 1. The summed E-state index contributed by atoms with van der Waals surface area (Å²) < 4.78 is 8.53. The molecule has 2 aliphatic heterocycles. The molecule has 4 aromatic rings. The first-order valence-corrected chi connectivity index (χ1v) is 15.5. The molecule has 7 rings (SSSR count). The fourth-order valence-corrected chi connectivity index (χ4v) is 6.91. The van der Waals surface area contributed by atoms with Crippen LogP contribution in [-0.4, -0.2) is 44.9 Å². The van der Waals surface area contributed by atoms with Gasteiger partial charge in [0.25, 0.3) is 0 Å². The number of hydrogen-bond acceptors (Lipinski definition) is 8. The maximum absolute atomic E-state index is 11.9. The number of nitrogens with zero attached hydrogens (tertiary/aromatic N) is 5. The molecule has 0 spiro atoms. The molecule has 2 saturated heterocycles. The van der Waals surface area contributed by atoms with Crippen LogP contribution in [-0.2, 0) is 16.1 Å². The maximum Gasteiger partial charge on any atom is 0.427 e. The van der Waals surface area contributed by atoms with Crippen LogP contribution in [0.25, 0.3) is 22.4 Å². The second kappa shape index (κ2) is 11.7. The van der Waals surface area contributed by atoms with E-state index in [2.05, 4.69) is 58.4 Å². The van der Waals surface area contributed by atoms with E-state index in [1.807, 2.05) is 30.3 Å². The van der Waals surface area contributed by atoms with Gasteiger partial charge in [-0.2, -0.15) is 4.98 Å². The van der Waals surface area contributed by atoms with E-state index in [4.69, 9.17) is 36.1 Å².